The first-order valence-electron chi connectivity index (χ1n) is 7.65. The maximum absolute atomic E-state index is 5.90. The molecule has 0 aliphatic carbocycles. The van der Waals surface area contributed by atoms with Gasteiger partial charge >= 0.3 is 0 Å². The predicted molar refractivity (Wildman–Crippen MR) is 85.5 cm³/mol. The van der Waals surface area contributed by atoms with Crippen LogP contribution in [-0.2, 0) is 19.5 Å². The molecule has 2 heterocycles. The Kier molecular flexibility index (Phi) is 4.57. The Labute approximate surface area is 127 Å². The maximum atomic E-state index is 5.90. The standard InChI is InChI=1S/C17H27N3O/c1-7-16-12(2)19-20(13(16)3)11-15-9-8-14(21-15)10-18-17(4,5)6/h8-9,18H,7,10-11H2,1-6H3. The highest BCUT2D eigenvalue weighted by Crippen LogP contribution is 2.16. The molecule has 0 unspecified atom stereocenters. The van der Waals surface area contributed by atoms with Crippen molar-refractivity contribution in [3.63, 3.8) is 0 Å². The number of hydrogen-bond acceptors (Lipinski definition) is 3. The lowest BCUT2D eigenvalue weighted by molar-refractivity contribution is 0.374. The SMILES string of the molecule is CCc1c(C)nn(Cc2ccc(CNC(C)(C)C)o2)c1C. The van der Waals surface area contributed by atoms with Crippen LogP contribution in [0.2, 0.25) is 0 Å². The molecule has 0 aliphatic rings. The summed E-state index contributed by atoms with van der Waals surface area (Å²) < 4.78 is 7.93. The second-order valence-electron chi connectivity index (χ2n) is 6.63. The first kappa shape index (κ1) is 15.8. The summed E-state index contributed by atoms with van der Waals surface area (Å²) >= 11 is 0. The van der Waals surface area contributed by atoms with Gasteiger partial charge < -0.3 is 9.73 Å². The van der Waals surface area contributed by atoms with E-state index >= 15 is 0 Å². The number of aryl methyl sites for hydroxylation is 1. The summed E-state index contributed by atoms with van der Waals surface area (Å²) in [5.41, 5.74) is 3.80. The van der Waals surface area contributed by atoms with Gasteiger partial charge in [-0.3, -0.25) is 4.68 Å². The van der Waals surface area contributed by atoms with Crippen molar-refractivity contribution < 1.29 is 4.42 Å². The molecule has 0 spiro atoms. The van der Waals surface area contributed by atoms with Gasteiger partial charge in [0.25, 0.3) is 0 Å². The molecule has 4 heteroatoms. The second-order valence-corrected chi connectivity index (χ2v) is 6.63. The molecule has 0 saturated carbocycles. The van der Waals surface area contributed by atoms with Crippen LogP contribution in [-0.4, -0.2) is 15.3 Å². The van der Waals surface area contributed by atoms with Crippen molar-refractivity contribution in [2.24, 2.45) is 0 Å². The highest BCUT2D eigenvalue weighted by Gasteiger charge is 2.13. The van der Waals surface area contributed by atoms with Gasteiger partial charge in [-0.2, -0.15) is 5.10 Å². The minimum absolute atomic E-state index is 0.0959. The molecule has 2 aromatic rings. The van der Waals surface area contributed by atoms with Crippen LogP contribution < -0.4 is 5.32 Å². The molecular weight excluding hydrogens is 262 g/mol. The van der Waals surface area contributed by atoms with E-state index in [1.54, 1.807) is 0 Å². The summed E-state index contributed by atoms with van der Waals surface area (Å²) in [5, 5.41) is 8.04. The lowest BCUT2D eigenvalue weighted by Crippen LogP contribution is -2.34. The minimum atomic E-state index is 0.0959. The summed E-state index contributed by atoms with van der Waals surface area (Å²) in [4.78, 5) is 0. The minimum Gasteiger partial charge on any atom is -0.463 e. The van der Waals surface area contributed by atoms with Crippen molar-refractivity contribution in [3.8, 4) is 0 Å². The van der Waals surface area contributed by atoms with Crippen LogP contribution in [0.15, 0.2) is 16.5 Å². The highest BCUT2D eigenvalue weighted by molar-refractivity contribution is 5.24. The number of rotatable bonds is 5. The monoisotopic (exact) mass is 289 g/mol. The zero-order chi connectivity index (χ0) is 15.6. The first-order valence-corrected chi connectivity index (χ1v) is 7.65. The van der Waals surface area contributed by atoms with E-state index in [1.807, 2.05) is 16.8 Å². The Hall–Kier alpha value is -1.55. The Bertz CT molecular complexity index is 602. The number of hydrogen-bond donors (Lipinski definition) is 1. The third-order valence-corrected chi connectivity index (χ3v) is 3.70. The molecule has 0 radical (unpaired) electrons. The van der Waals surface area contributed by atoms with Gasteiger partial charge in [-0.05, 0) is 58.7 Å². The molecular formula is C17H27N3O. The summed E-state index contributed by atoms with van der Waals surface area (Å²) in [6, 6.07) is 4.09. The first-order chi connectivity index (χ1) is 9.80. The highest BCUT2D eigenvalue weighted by atomic mass is 16.3. The molecule has 4 nitrogen and oxygen atoms in total. The number of nitrogens with zero attached hydrogens (tertiary/aromatic N) is 2. The Morgan fingerprint density at radius 1 is 1.19 bits per heavy atom. The molecule has 0 aliphatic heterocycles. The number of nitrogens with one attached hydrogen (secondary N) is 1. The van der Waals surface area contributed by atoms with Gasteiger partial charge in [-0.1, -0.05) is 6.92 Å². The van der Waals surface area contributed by atoms with Crippen LogP contribution in [0.4, 0.5) is 0 Å². The van der Waals surface area contributed by atoms with Crippen LogP contribution >= 0.6 is 0 Å². The zero-order valence-electron chi connectivity index (χ0n) is 14.1. The van der Waals surface area contributed by atoms with E-state index in [0.717, 1.165) is 30.2 Å². The van der Waals surface area contributed by atoms with Crippen LogP contribution in [0, 0.1) is 13.8 Å². The molecule has 0 amide bonds. The third kappa shape index (κ3) is 3.97. The van der Waals surface area contributed by atoms with Gasteiger partial charge in [0, 0.05) is 11.2 Å². The normalized spacial score (nSPS) is 12.1. The number of furan rings is 1. The topological polar surface area (TPSA) is 43.0 Å². The molecule has 21 heavy (non-hydrogen) atoms. The fourth-order valence-electron chi connectivity index (χ4n) is 2.50. The van der Waals surface area contributed by atoms with Gasteiger partial charge in [0.15, 0.2) is 0 Å². The summed E-state index contributed by atoms with van der Waals surface area (Å²) in [5.74, 6) is 1.92. The lowest BCUT2D eigenvalue weighted by atomic mass is 10.1. The van der Waals surface area contributed by atoms with E-state index in [4.69, 9.17) is 4.42 Å². The summed E-state index contributed by atoms with van der Waals surface area (Å²) in [6.07, 6.45) is 1.02. The van der Waals surface area contributed by atoms with Crippen molar-refractivity contribution in [1.82, 2.24) is 15.1 Å². The molecule has 0 aromatic carbocycles. The smallest absolute Gasteiger partial charge is 0.125 e. The van der Waals surface area contributed by atoms with E-state index in [1.165, 1.54) is 11.3 Å². The second kappa shape index (κ2) is 6.06. The Morgan fingerprint density at radius 2 is 1.86 bits per heavy atom. The molecule has 0 bridgehead atoms. The van der Waals surface area contributed by atoms with Gasteiger partial charge in [0.1, 0.15) is 11.5 Å². The largest absolute Gasteiger partial charge is 0.463 e. The average molecular weight is 289 g/mol. The van der Waals surface area contributed by atoms with Gasteiger partial charge in [0.05, 0.1) is 18.8 Å². The van der Waals surface area contributed by atoms with Crippen LogP contribution in [0.3, 0.4) is 0 Å². The fraction of sp³-hybridized carbons (Fsp3) is 0.588. The van der Waals surface area contributed by atoms with Gasteiger partial charge in [0.2, 0.25) is 0 Å². The predicted octanol–water partition coefficient (Wildman–Crippen LogP) is 3.59. The molecule has 1 N–H and O–H groups in total. The molecule has 0 atom stereocenters. The van der Waals surface area contributed by atoms with Crippen LogP contribution in [0.25, 0.3) is 0 Å². The van der Waals surface area contributed by atoms with Crippen LogP contribution in [0.1, 0.15) is 56.2 Å². The van der Waals surface area contributed by atoms with E-state index in [0.29, 0.717) is 6.54 Å². The maximum Gasteiger partial charge on any atom is 0.125 e. The third-order valence-electron chi connectivity index (χ3n) is 3.70. The molecule has 0 saturated heterocycles. The Balaban J connectivity index is 2.06. The van der Waals surface area contributed by atoms with Crippen molar-refractivity contribution in [3.05, 3.63) is 40.6 Å². The van der Waals surface area contributed by atoms with Crippen LogP contribution in [0.5, 0.6) is 0 Å². The van der Waals surface area contributed by atoms with E-state index in [9.17, 15) is 0 Å². The Morgan fingerprint density at radius 3 is 2.43 bits per heavy atom. The van der Waals surface area contributed by atoms with E-state index in [2.05, 4.69) is 52.0 Å². The molecule has 0 fully saturated rings. The van der Waals surface area contributed by atoms with Crippen molar-refractivity contribution in [2.75, 3.05) is 0 Å². The van der Waals surface area contributed by atoms with Crippen molar-refractivity contribution >= 4 is 0 Å². The molecule has 2 aromatic heterocycles. The quantitative estimate of drug-likeness (QED) is 0.914. The van der Waals surface area contributed by atoms with Crippen molar-refractivity contribution in [1.29, 1.82) is 0 Å². The van der Waals surface area contributed by atoms with E-state index < -0.39 is 0 Å². The molecule has 2 rings (SSSR count). The van der Waals surface area contributed by atoms with E-state index in [-0.39, 0.29) is 5.54 Å². The van der Waals surface area contributed by atoms with Gasteiger partial charge in [-0.15, -0.1) is 0 Å². The lowest BCUT2D eigenvalue weighted by Gasteiger charge is -2.19. The summed E-state index contributed by atoms with van der Waals surface area (Å²) in [6.45, 7) is 14.3. The summed E-state index contributed by atoms with van der Waals surface area (Å²) in [7, 11) is 0. The number of aromatic nitrogens is 2. The van der Waals surface area contributed by atoms with Crippen molar-refractivity contribution in [2.45, 2.75) is 66.6 Å². The molecule has 116 valence electrons. The zero-order valence-corrected chi connectivity index (χ0v) is 14.1. The average Bonchev–Trinajstić information content (AvgIpc) is 2.93. The van der Waals surface area contributed by atoms with Gasteiger partial charge in [-0.25, -0.2) is 0 Å². The fourth-order valence-corrected chi connectivity index (χ4v) is 2.50.